The maximum absolute atomic E-state index is 13.1. The van der Waals surface area contributed by atoms with Crippen LogP contribution in [-0.4, -0.2) is 88.1 Å². The van der Waals surface area contributed by atoms with Gasteiger partial charge >= 0.3 is 12.1 Å². The number of hydrogen-bond donors (Lipinski definition) is 2. The molecule has 0 unspecified atom stereocenters. The Morgan fingerprint density at radius 3 is 2.34 bits per heavy atom. The molecule has 3 aromatic heterocycles. The van der Waals surface area contributed by atoms with E-state index in [0.29, 0.717) is 23.1 Å². The zero-order valence-electron chi connectivity index (χ0n) is 22.3. The molecule has 0 radical (unpaired) electrons. The Balaban J connectivity index is 0.000000587. The number of nitrogens with zero attached hydrogens (tertiary/aromatic N) is 3. The second-order valence-electron chi connectivity index (χ2n) is 8.53. The second kappa shape index (κ2) is 14.2. The summed E-state index contributed by atoms with van der Waals surface area (Å²) in [6, 6.07) is 11.0. The van der Waals surface area contributed by atoms with E-state index in [1.807, 2.05) is 30.5 Å². The summed E-state index contributed by atoms with van der Waals surface area (Å²) in [6.45, 7) is 3.70. The van der Waals surface area contributed by atoms with Crippen LogP contribution in [0.3, 0.4) is 0 Å². The number of carboxylic acid groups (broad SMARTS) is 1. The number of carbonyl (C=O) groups is 1. The molecule has 0 amide bonds. The van der Waals surface area contributed by atoms with E-state index >= 15 is 0 Å². The van der Waals surface area contributed by atoms with E-state index in [9.17, 15) is 21.6 Å². The topological polar surface area (TPSA) is 125 Å². The van der Waals surface area contributed by atoms with Gasteiger partial charge in [-0.2, -0.15) is 13.2 Å². The van der Waals surface area contributed by atoms with Crippen LogP contribution in [0.2, 0.25) is 0 Å². The Kier molecular flexibility index (Phi) is 11.3. The summed E-state index contributed by atoms with van der Waals surface area (Å²) in [7, 11) is 1.36. The molecule has 0 atom stereocenters. The number of aromatic nitrogens is 2. The van der Waals surface area contributed by atoms with Crippen LogP contribution in [0, 0.1) is 0 Å². The van der Waals surface area contributed by atoms with Crippen LogP contribution in [0.1, 0.15) is 4.88 Å². The van der Waals surface area contributed by atoms with Crippen molar-refractivity contribution in [2.75, 3.05) is 51.9 Å². The van der Waals surface area contributed by atoms with Crippen LogP contribution >= 0.6 is 22.7 Å². The number of carboxylic acids is 1. The van der Waals surface area contributed by atoms with Crippen LogP contribution < -0.4 is 4.31 Å². The zero-order chi connectivity index (χ0) is 30.2. The molecule has 0 saturated heterocycles. The van der Waals surface area contributed by atoms with Gasteiger partial charge < -0.3 is 19.6 Å². The molecule has 16 heteroatoms. The first kappa shape index (κ1) is 32.5. The van der Waals surface area contributed by atoms with Gasteiger partial charge in [0.15, 0.2) is 0 Å². The number of benzene rings is 1. The number of anilines is 1. The quantitative estimate of drug-likeness (QED) is 0.225. The van der Waals surface area contributed by atoms with Gasteiger partial charge in [-0.1, -0.05) is 18.2 Å². The highest BCUT2D eigenvalue weighted by Crippen LogP contribution is 2.34. The summed E-state index contributed by atoms with van der Waals surface area (Å²) in [4.78, 5) is 20.3. The normalized spacial score (nSPS) is 12.0. The smallest absolute Gasteiger partial charge is 0.475 e. The van der Waals surface area contributed by atoms with Crippen LogP contribution in [-0.2, 0) is 30.8 Å². The number of halogens is 3. The van der Waals surface area contributed by atoms with Crippen molar-refractivity contribution in [3.63, 3.8) is 0 Å². The van der Waals surface area contributed by atoms with Gasteiger partial charge in [-0.15, -0.1) is 22.7 Å². The molecule has 0 aliphatic rings. The minimum absolute atomic E-state index is 0.315. The third-order valence-electron chi connectivity index (χ3n) is 5.71. The van der Waals surface area contributed by atoms with Crippen molar-refractivity contribution < 1.29 is 41.0 Å². The van der Waals surface area contributed by atoms with Gasteiger partial charge in [-0.3, -0.25) is 9.21 Å². The Labute approximate surface area is 243 Å². The minimum Gasteiger partial charge on any atom is -0.475 e. The van der Waals surface area contributed by atoms with Gasteiger partial charge in [0.2, 0.25) is 0 Å². The molecule has 0 spiro atoms. The van der Waals surface area contributed by atoms with E-state index in [4.69, 9.17) is 19.4 Å². The SMILES string of the molecule is COCCN(CCOC)Cc1cnc(-c2cc3cccc(N(C)S(=O)(=O)c4cccs4)c3[nH]2)s1.O=C(O)C(F)(F)F. The fraction of sp³-hybridized carbons (Fsp3) is 0.360. The first-order valence-electron chi connectivity index (χ1n) is 12.0. The highest BCUT2D eigenvalue weighted by atomic mass is 32.2. The third kappa shape index (κ3) is 8.50. The average Bonchev–Trinajstić information content (AvgIpc) is 3.70. The van der Waals surface area contributed by atoms with E-state index in [-0.39, 0.29) is 0 Å². The molecular weight excluding hydrogens is 605 g/mol. The monoisotopic (exact) mass is 634 g/mol. The number of methoxy groups -OCH3 is 2. The van der Waals surface area contributed by atoms with E-state index in [1.165, 1.54) is 15.6 Å². The Hall–Kier alpha value is -3.02. The number of thiazole rings is 1. The standard InChI is InChI=1S/C23H28N4O4S3.C2HF3O2/c1-26(34(28,29)21-8-5-13-32-21)20-7-4-6-17-14-19(25-22(17)20)23-24-15-18(33-23)16-27(9-11-30-2)10-12-31-3;3-2(4,5)1(6)7/h4-8,13-15,25H,9-12,16H2,1-3H3;(H,6,7). The molecule has 2 N–H and O–H groups in total. The fourth-order valence-corrected chi connectivity index (χ4v) is 6.92. The average molecular weight is 635 g/mol. The first-order chi connectivity index (χ1) is 19.4. The zero-order valence-corrected chi connectivity index (χ0v) is 24.8. The van der Waals surface area contributed by atoms with Gasteiger partial charge in [-0.25, -0.2) is 18.2 Å². The van der Waals surface area contributed by atoms with Crippen LogP contribution in [0.5, 0.6) is 0 Å². The molecule has 3 heterocycles. The van der Waals surface area contributed by atoms with Crippen LogP contribution in [0.4, 0.5) is 18.9 Å². The number of H-pyrrole nitrogens is 1. The summed E-state index contributed by atoms with van der Waals surface area (Å²) < 4.78 is 70.0. The lowest BCUT2D eigenvalue weighted by Crippen LogP contribution is -2.29. The van der Waals surface area contributed by atoms with E-state index in [0.717, 1.165) is 46.1 Å². The lowest BCUT2D eigenvalue weighted by molar-refractivity contribution is -0.192. The van der Waals surface area contributed by atoms with Gasteiger partial charge in [0.25, 0.3) is 10.0 Å². The molecule has 10 nitrogen and oxygen atoms in total. The first-order valence-corrected chi connectivity index (χ1v) is 15.1. The number of thiophene rings is 1. The number of alkyl halides is 3. The lowest BCUT2D eigenvalue weighted by atomic mass is 10.2. The number of hydrogen-bond acceptors (Lipinski definition) is 9. The summed E-state index contributed by atoms with van der Waals surface area (Å²) >= 11 is 2.83. The highest BCUT2D eigenvalue weighted by molar-refractivity contribution is 7.94. The highest BCUT2D eigenvalue weighted by Gasteiger charge is 2.38. The Morgan fingerprint density at radius 2 is 1.78 bits per heavy atom. The maximum Gasteiger partial charge on any atom is 0.490 e. The number of rotatable bonds is 12. The molecule has 4 rings (SSSR count). The number of aromatic amines is 1. The lowest BCUT2D eigenvalue weighted by Gasteiger charge is -2.20. The molecular formula is C25H29F3N4O6S3. The van der Waals surface area contributed by atoms with Crippen molar-refractivity contribution in [1.82, 2.24) is 14.9 Å². The van der Waals surface area contributed by atoms with Crippen molar-refractivity contribution in [2.24, 2.45) is 0 Å². The molecule has 0 aliphatic heterocycles. The van der Waals surface area contributed by atoms with Crippen molar-refractivity contribution in [2.45, 2.75) is 16.9 Å². The van der Waals surface area contributed by atoms with Gasteiger partial charge in [0.05, 0.1) is 30.1 Å². The molecule has 0 fully saturated rings. The molecule has 224 valence electrons. The van der Waals surface area contributed by atoms with Crippen LogP contribution in [0.25, 0.3) is 21.6 Å². The Morgan fingerprint density at radius 1 is 1.12 bits per heavy atom. The number of para-hydroxylation sites is 1. The fourth-order valence-electron chi connectivity index (χ4n) is 3.63. The van der Waals surface area contributed by atoms with Crippen molar-refractivity contribution in [1.29, 1.82) is 0 Å². The van der Waals surface area contributed by atoms with Crippen molar-refractivity contribution in [3.8, 4) is 10.7 Å². The van der Waals surface area contributed by atoms with Crippen LogP contribution in [0.15, 0.2) is 52.2 Å². The maximum atomic E-state index is 13.1. The number of nitrogens with one attached hydrogen (secondary N) is 1. The molecule has 4 aromatic rings. The number of fused-ring (bicyclic) bond motifs is 1. The molecule has 41 heavy (non-hydrogen) atoms. The minimum atomic E-state index is -5.08. The molecule has 0 saturated carbocycles. The predicted molar refractivity (Wildman–Crippen MR) is 152 cm³/mol. The number of aliphatic carboxylic acids is 1. The molecule has 0 bridgehead atoms. The van der Waals surface area contributed by atoms with Gasteiger partial charge in [-0.05, 0) is 23.6 Å². The molecule has 0 aliphatic carbocycles. The van der Waals surface area contributed by atoms with E-state index in [2.05, 4.69) is 14.9 Å². The van der Waals surface area contributed by atoms with Crippen molar-refractivity contribution >= 4 is 55.3 Å². The van der Waals surface area contributed by atoms with Gasteiger partial charge in [0.1, 0.15) is 9.22 Å². The van der Waals surface area contributed by atoms with E-state index < -0.39 is 22.2 Å². The Bertz CT molecular complexity index is 1510. The number of sulfonamides is 1. The molecule has 1 aromatic carbocycles. The summed E-state index contributed by atoms with van der Waals surface area (Å²) in [5.74, 6) is -2.76. The largest absolute Gasteiger partial charge is 0.490 e. The predicted octanol–water partition coefficient (Wildman–Crippen LogP) is 4.91. The third-order valence-corrected chi connectivity index (χ3v) is 9.87. The summed E-state index contributed by atoms with van der Waals surface area (Å²) in [5, 5.41) is 10.7. The summed E-state index contributed by atoms with van der Waals surface area (Å²) in [5.41, 5.74) is 2.22. The van der Waals surface area contributed by atoms with Crippen molar-refractivity contribution in [3.05, 3.63) is 52.9 Å². The van der Waals surface area contributed by atoms with Gasteiger partial charge in [0, 0.05) is 57.4 Å². The van der Waals surface area contributed by atoms with E-state index in [1.54, 1.807) is 50.1 Å². The second-order valence-corrected chi connectivity index (χ2v) is 12.8. The summed E-state index contributed by atoms with van der Waals surface area (Å²) in [6.07, 6.45) is -3.19. The number of ether oxygens (including phenoxy) is 2.